The van der Waals surface area contributed by atoms with Crippen molar-refractivity contribution in [2.24, 2.45) is 12.0 Å². The zero-order valence-electron chi connectivity index (χ0n) is 18.2. The van der Waals surface area contributed by atoms with Crippen LogP contribution in [0.2, 0.25) is 0 Å². The number of aryl methyl sites for hydroxylation is 2. The number of rotatable bonds is 7. The Morgan fingerprint density at radius 1 is 1.21 bits per heavy atom. The van der Waals surface area contributed by atoms with E-state index < -0.39 is 0 Å². The summed E-state index contributed by atoms with van der Waals surface area (Å²) in [7, 11) is 3.70. The smallest absolute Gasteiger partial charge is 0.191 e. The van der Waals surface area contributed by atoms with E-state index in [9.17, 15) is 0 Å². The SMILES string of the molecule is COc1ccc(C)cc1CCNC(=NCc1nnc(C)n1C)NC1CCCCC1. The molecule has 1 aliphatic carbocycles. The molecule has 7 heteroatoms. The summed E-state index contributed by atoms with van der Waals surface area (Å²) in [6.45, 7) is 5.36. The molecule has 0 aliphatic heterocycles. The van der Waals surface area contributed by atoms with Crippen molar-refractivity contribution in [2.45, 2.75) is 65.0 Å². The van der Waals surface area contributed by atoms with Gasteiger partial charge in [0.1, 0.15) is 18.1 Å². The summed E-state index contributed by atoms with van der Waals surface area (Å²) in [5, 5.41) is 15.5. The van der Waals surface area contributed by atoms with Crippen LogP contribution in [0.1, 0.15) is 54.9 Å². The van der Waals surface area contributed by atoms with E-state index in [1.165, 1.54) is 43.2 Å². The van der Waals surface area contributed by atoms with Gasteiger partial charge in [0.2, 0.25) is 0 Å². The molecule has 1 heterocycles. The number of aromatic nitrogens is 3. The van der Waals surface area contributed by atoms with Crippen molar-refractivity contribution in [3.8, 4) is 5.75 Å². The van der Waals surface area contributed by atoms with Crippen molar-refractivity contribution in [3.05, 3.63) is 41.0 Å². The van der Waals surface area contributed by atoms with Crippen LogP contribution in [0.3, 0.4) is 0 Å². The molecular weight excluding hydrogens is 364 g/mol. The Balaban J connectivity index is 1.65. The maximum atomic E-state index is 5.51. The lowest BCUT2D eigenvalue weighted by Gasteiger charge is -2.25. The first-order chi connectivity index (χ1) is 14.1. The fourth-order valence-electron chi connectivity index (χ4n) is 3.75. The predicted molar refractivity (Wildman–Crippen MR) is 116 cm³/mol. The lowest BCUT2D eigenvalue weighted by atomic mass is 9.96. The van der Waals surface area contributed by atoms with Gasteiger partial charge in [-0.25, -0.2) is 4.99 Å². The zero-order valence-corrected chi connectivity index (χ0v) is 18.2. The Morgan fingerprint density at radius 2 is 2.00 bits per heavy atom. The molecule has 2 N–H and O–H groups in total. The lowest BCUT2D eigenvalue weighted by molar-refractivity contribution is 0.407. The second-order valence-corrected chi connectivity index (χ2v) is 7.86. The normalized spacial score (nSPS) is 15.4. The molecule has 7 nitrogen and oxygen atoms in total. The molecule has 0 atom stereocenters. The predicted octanol–water partition coefficient (Wildman–Crippen LogP) is 3.05. The minimum absolute atomic E-state index is 0.490. The third-order valence-corrected chi connectivity index (χ3v) is 5.63. The average molecular weight is 399 g/mol. The van der Waals surface area contributed by atoms with E-state index in [2.05, 4.69) is 39.9 Å². The van der Waals surface area contributed by atoms with Gasteiger partial charge in [-0.1, -0.05) is 37.0 Å². The van der Waals surface area contributed by atoms with Crippen molar-refractivity contribution in [2.75, 3.05) is 13.7 Å². The zero-order chi connectivity index (χ0) is 20.6. The van der Waals surface area contributed by atoms with Crippen molar-refractivity contribution >= 4 is 5.96 Å². The molecule has 29 heavy (non-hydrogen) atoms. The van der Waals surface area contributed by atoms with E-state index >= 15 is 0 Å². The van der Waals surface area contributed by atoms with Crippen molar-refractivity contribution in [1.82, 2.24) is 25.4 Å². The Labute approximate surface area is 174 Å². The summed E-state index contributed by atoms with van der Waals surface area (Å²) < 4.78 is 7.49. The van der Waals surface area contributed by atoms with Crippen LogP contribution < -0.4 is 15.4 Å². The number of nitrogens with one attached hydrogen (secondary N) is 2. The second kappa shape index (κ2) is 10.3. The largest absolute Gasteiger partial charge is 0.496 e. The molecule has 0 spiro atoms. The maximum Gasteiger partial charge on any atom is 0.191 e. The molecule has 0 unspecified atom stereocenters. The highest BCUT2D eigenvalue weighted by molar-refractivity contribution is 5.80. The molecule has 1 fully saturated rings. The van der Waals surface area contributed by atoms with E-state index in [4.69, 9.17) is 9.73 Å². The minimum Gasteiger partial charge on any atom is -0.496 e. The molecule has 1 aromatic carbocycles. The molecular formula is C22H34N6O. The quantitative estimate of drug-likeness (QED) is 0.554. The van der Waals surface area contributed by atoms with Crippen LogP contribution in [0.5, 0.6) is 5.75 Å². The topological polar surface area (TPSA) is 76.4 Å². The van der Waals surface area contributed by atoms with Gasteiger partial charge in [0.15, 0.2) is 11.8 Å². The third-order valence-electron chi connectivity index (χ3n) is 5.63. The van der Waals surface area contributed by atoms with Crippen LogP contribution >= 0.6 is 0 Å². The van der Waals surface area contributed by atoms with Gasteiger partial charge in [-0.05, 0) is 44.7 Å². The summed E-state index contributed by atoms with van der Waals surface area (Å²) in [6.07, 6.45) is 7.19. The first kappa shape index (κ1) is 21.1. The summed E-state index contributed by atoms with van der Waals surface area (Å²) in [6, 6.07) is 6.80. The van der Waals surface area contributed by atoms with E-state index in [-0.39, 0.29) is 0 Å². The van der Waals surface area contributed by atoms with Gasteiger partial charge in [0, 0.05) is 19.6 Å². The van der Waals surface area contributed by atoms with Crippen LogP contribution in [0.15, 0.2) is 23.2 Å². The van der Waals surface area contributed by atoms with Crippen molar-refractivity contribution in [3.63, 3.8) is 0 Å². The molecule has 2 aromatic rings. The average Bonchev–Trinajstić information content (AvgIpc) is 3.05. The van der Waals surface area contributed by atoms with Crippen LogP contribution in [0.4, 0.5) is 0 Å². The highest BCUT2D eigenvalue weighted by atomic mass is 16.5. The lowest BCUT2D eigenvalue weighted by Crippen LogP contribution is -2.44. The number of guanidine groups is 1. The van der Waals surface area contributed by atoms with Crippen LogP contribution in [0.25, 0.3) is 0 Å². The number of benzene rings is 1. The molecule has 1 saturated carbocycles. The molecule has 0 saturated heterocycles. The summed E-state index contributed by atoms with van der Waals surface area (Å²) in [5.74, 6) is 3.55. The van der Waals surface area contributed by atoms with Gasteiger partial charge in [-0.15, -0.1) is 10.2 Å². The van der Waals surface area contributed by atoms with Gasteiger partial charge in [0.25, 0.3) is 0 Å². The minimum atomic E-state index is 0.490. The summed E-state index contributed by atoms with van der Waals surface area (Å²) in [5.41, 5.74) is 2.45. The van der Waals surface area contributed by atoms with Gasteiger partial charge in [-0.2, -0.15) is 0 Å². The highest BCUT2D eigenvalue weighted by Gasteiger charge is 2.15. The second-order valence-electron chi connectivity index (χ2n) is 7.86. The standard InChI is InChI=1S/C22H34N6O/c1-16-10-11-20(29-4)18(14-16)12-13-23-22(25-19-8-6-5-7-9-19)24-15-21-27-26-17(2)28(21)3/h10-11,14,19H,5-9,12-13,15H2,1-4H3,(H2,23,24,25). The van der Waals surface area contributed by atoms with Crippen LogP contribution in [0, 0.1) is 13.8 Å². The molecule has 3 rings (SSSR count). The fraction of sp³-hybridized carbons (Fsp3) is 0.591. The number of nitrogens with zero attached hydrogens (tertiary/aromatic N) is 4. The number of methoxy groups -OCH3 is 1. The molecule has 0 amide bonds. The monoisotopic (exact) mass is 398 g/mol. The molecule has 1 aromatic heterocycles. The van der Waals surface area contributed by atoms with E-state index in [1.807, 2.05) is 24.6 Å². The van der Waals surface area contributed by atoms with Crippen molar-refractivity contribution in [1.29, 1.82) is 0 Å². The van der Waals surface area contributed by atoms with Gasteiger partial charge in [0.05, 0.1) is 7.11 Å². The van der Waals surface area contributed by atoms with E-state index in [0.717, 1.165) is 36.3 Å². The fourth-order valence-corrected chi connectivity index (χ4v) is 3.75. The van der Waals surface area contributed by atoms with Crippen LogP contribution in [-0.4, -0.2) is 40.4 Å². The molecule has 1 aliphatic rings. The molecule has 0 radical (unpaired) electrons. The summed E-state index contributed by atoms with van der Waals surface area (Å²) >= 11 is 0. The first-order valence-electron chi connectivity index (χ1n) is 10.6. The number of aliphatic imine (C=N–C) groups is 1. The van der Waals surface area contributed by atoms with Gasteiger partial charge < -0.3 is 19.9 Å². The third kappa shape index (κ3) is 5.95. The van der Waals surface area contributed by atoms with E-state index in [0.29, 0.717) is 12.6 Å². The Bertz CT molecular complexity index is 823. The first-order valence-corrected chi connectivity index (χ1v) is 10.6. The molecule has 158 valence electrons. The van der Waals surface area contributed by atoms with Crippen LogP contribution in [-0.2, 0) is 20.0 Å². The van der Waals surface area contributed by atoms with Gasteiger partial charge in [-0.3, -0.25) is 0 Å². The summed E-state index contributed by atoms with van der Waals surface area (Å²) in [4.78, 5) is 4.79. The number of ether oxygens (including phenoxy) is 1. The Hall–Kier alpha value is -2.57. The maximum absolute atomic E-state index is 5.51. The Morgan fingerprint density at radius 3 is 2.69 bits per heavy atom. The Kier molecular flexibility index (Phi) is 7.49. The van der Waals surface area contributed by atoms with Crippen molar-refractivity contribution < 1.29 is 4.74 Å². The van der Waals surface area contributed by atoms with Gasteiger partial charge >= 0.3 is 0 Å². The number of hydrogen-bond donors (Lipinski definition) is 2. The van der Waals surface area contributed by atoms with E-state index in [1.54, 1.807) is 7.11 Å². The number of hydrogen-bond acceptors (Lipinski definition) is 4. The highest BCUT2D eigenvalue weighted by Crippen LogP contribution is 2.20. The molecule has 0 bridgehead atoms.